The largest absolute Gasteiger partial charge is 0.355 e. The van der Waals surface area contributed by atoms with Crippen LogP contribution in [0.4, 0.5) is 0 Å². The molecule has 8 heteroatoms. The minimum atomic E-state index is -3.47. The first-order valence-electron chi connectivity index (χ1n) is 9.24. The molecule has 0 atom stereocenters. The van der Waals surface area contributed by atoms with Crippen LogP contribution in [0, 0.1) is 6.92 Å². The molecule has 0 aliphatic carbocycles. The van der Waals surface area contributed by atoms with Crippen LogP contribution >= 0.6 is 0 Å². The molecule has 7 nitrogen and oxygen atoms in total. The van der Waals surface area contributed by atoms with Crippen LogP contribution in [0.1, 0.15) is 24.8 Å². The minimum absolute atomic E-state index is 0.284. The maximum absolute atomic E-state index is 12.2. The van der Waals surface area contributed by atoms with Gasteiger partial charge in [-0.05, 0) is 45.0 Å². The molecule has 1 fully saturated rings. The van der Waals surface area contributed by atoms with Crippen LogP contribution in [0.2, 0.25) is 0 Å². The van der Waals surface area contributed by atoms with Gasteiger partial charge >= 0.3 is 0 Å². The summed E-state index contributed by atoms with van der Waals surface area (Å²) in [4.78, 5) is 6.91. The zero-order chi connectivity index (χ0) is 18.8. The summed E-state index contributed by atoms with van der Waals surface area (Å²) in [7, 11) is -1.76. The Balaban J connectivity index is 1.66. The van der Waals surface area contributed by atoms with E-state index in [4.69, 9.17) is 0 Å². The molecule has 146 valence electrons. The van der Waals surface area contributed by atoms with Gasteiger partial charge in [0.1, 0.15) is 0 Å². The van der Waals surface area contributed by atoms with Crippen molar-refractivity contribution >= 4 is 16.0 Å². The summed E-state index contributed by atoms with van der Waals surface area (Å²) < 4.78 is 27.0. The Kier molecular flexibility index (Phi) is 8.34. The van der Waals surface area contributed by atoms with Gasteiger partial charge in [-0.3, -0.25) is 4.99 Å². The molecular weight excluding hydrogens is 350 g/mol. The van der Waals surface area contributed by atoms with E-state index < -0.39 is 10.0 Å². The zero-order valence-electron chi connectivity index (χ0n) is 15.8. The molecule has 0 unspecified atom stereocenters. The first-order valence-corrected chi connectivity index (χ1v) is 10.7. The number of aliphatic imine (C=N–C) groups is 1. The van der Waals surface area contributed by atoms with Crippen molar-refractivity contribution in [3.05, 3.63) is 29.8 Å². The second-order valence-corrected chi connectivity index (χ2v) is 8.31. The van der Waals surface area contributed by atoms with E-state index >= 15 is 0 Å². The summed E-state index contributed by atoms with van der Waals surface area (Å²) in [6.07, 6.45) is 3.91. The van der Waals surface area contributed by atoms with Crippen LogP contribution in [-0.4, -0.2) is 65.6 Å². The van der Waals surface area contributed by atoms with E-state index in [1.165, 1.54) is 32.4 Å². The molecule has 0 amide bonds. The fourth-order valence-electron chi connectivity index (χ4n) is 2.90. The van der Waals surface area contributed by atoms with Gasteiger partial charge in [0.25, 0.3) is 0 Å². The molecular formula is C18H31N5O2S. The van der Waals surface area contributed by atoms with Crippen molar-refractivity contribution in [3.8, 4) is 0 Å². The maximum atomic E-state index is 12.2. The Bertz CT molecular complexity index is 667. The third-order valence-electron chi connectivity index (χ3n) is 4.43. The van der Waals surface area contributed by atoms with Crippen LogP contribution in [0.5, 0.6) is 0 Å². The quantitative estimate of drug-likeness (QED) is 0.354. The SMILES string of the molecule is CN=C(NCCNS(=O)(=O)c1ccc(C)cc1)NCCN1CCCCC1. The number of rotatable bonds is 8. The number of aryl methyl sites for hydroxylation is 1. The van der Waals surface area contributed by atoms with Gasteiger partial charge in [-0.15, -0.1) is 0 Å². The molecule has 0 aromatic heterocycles. The molecule has 0 spiro atoms. The number of hydrogen-bond donors (Lipinski definition) is 3. The van der Waals surface area contributed by atoms with E-state index in [-0.39, 0.29) is 4.90 Å². The molecule has 1 aliphatic heterocycles. The first kappa shape index (κ1) is 20.7. The number of hydrogen-bond acceptors (Lipinski definition) is 4. The molecule has 26 heavy (non-hydrogen) atoms. The maximum Gasteiger partial charge on any atom is 0.240 e. The first-order chi connectivity index (χ1) is 12.5. The molecule has 0 bridgehead atoms. The van der Waals surface area contributed by atoms with Crippen molar-refractivity contribution in [1.29, 1.82) is 0 Å². The van der Waals surface area contributed by atoms with E-state index in [0.29, 0.717) is 19.0 Å². The van der Waals surface area contributed by atoms with E-state index in [9.17, 15) is 8.42 Å². The van der Waals surface area contributed by atoms with Gasteiger partial charge in [0, 0.05) is 33.2 Å². The molecule has 1 saturated heterocycles. The summed E-state index contributed by atoms with van der Waals surface area (Å²) in [6.45, 7) is 6.87. The molecule has 0 saturated carbocycles. The lowest BCUT2D eigenvalue weighted by molar-refractivity contribution is 0.232. The van der Waals surface area contributed by atoms with Gasteiger partial charge in [-0.1, -0.05) is 24.1 Å². The van der Waals surface area contributed by atoms with Crippen molar-refractivity contribution < 1.29 is 8.42 Å². The molecule has 3 N–H and O–H groups in total. The third kappa shape index (κ3) is 6.93. The fourth-order valence-corrected chi connectivity index (χ4v) is 3.93. The normalized spacial score (nSPS) is 16.5. The van der Waals surface area contributed by atoms with Crippen molar-refractivity contribution in [2.45, 2.75) is 31.1 Å². The predicted molar refractivity (Wildman–Crippen MR) is 106 cm³/mol. The minimum Gasteiger partial charge on any atom is -0.355 e. The van der Waals surface area contributed by atoms with E-state index in [1.54, 1.807) is 31.3 Å². The Morgan fingerprint density at radius 2 is 1.69 bits per heavy atom. The highest BCUT2D eigenvalue weighted by molar-refractivity contribution is 7.89. The molecule has 1 aliphatic rings. The number of piperidine rings is 1. The summed E-state index contributed by atoms with van der Waals surface area (Å²) in [6, 6.07) is 6.82. The third-order valence-corrected chi connectivity index (χ3v) is 5.91. The van der Waals surface area contributed by atoms with E-state index in [1.807, 2.05) is 6.92 Å². The highest BCUT2D eigenvalue weighted by Gasteiger charge is 2.13. The van der Waals surface area contributed by atoms with Gasteiger partial charge in [0.2, 0.25) is 10.0 Å². The Hall–Kier alpha value is -1.64. The Morgan fingerprint density at radius 1 is 1.04 bits per heavy atom. The number of nitrogens with one attached hydrogen (secondary N) is 3. The standard InChI is InChI=1S/C18H31N5O2S/c1-16-6-8-17(9-7-16)26(24,25)22-11-10-20-18(19-2)21-12-15-23-13-4-3-5-14-23/h6-9,22H,3-5,10-15H2,1-2H3,(H2,19,20,21). The molecule has 0 radical (unpaired) electrons. The van der Waals surface area contributed by atoms with Crippen molar-refractivity contribution in [2.75, 3.05) is 46.3 Å². The number of sulfonamides is 1. The molecule has 1 heterocycles. The van der Waals surface area contributed by atoms with E-state index in [0.717, 1.165) is 18.7 Å². The molecule has 2 rings (SSSR count). The Morgan fingerprint density at radius 3 is 2.35 bits per heavy atom. The van der Waals surface area contributed by atoms with Gasteiger partial charge in [-0.2, -0.15) is 0 Å². The molecule has 1 aromatic carbocycles. The monoisotopic (exact) mass is 381 g/mol. The van der Waals surface area contributed by atoms with Crippen LogP contribution in [0.25, 0.3) is 0 Å². The lowest BCUT2D eigenvalue weighted by Gasteiger charge is -2.26. The summed E-state index contributed by atoms with van der Waals surface area (Å²) in [5, 5.41) is 6.41. The lowest BCUT2D eigenvalue weighted by Crippen LogP contribution is -2.44. The lowest BCUT2D eigenvalue weighted by atomic mass is 10.1. The predicted octanol–water partition coefficient (Wildman–Crippen LogP) is 0.924. The number of likely N-dealkylation sites (tertiary alicyclic amines) is 1. The van der Waals surface area contributed by atoms with E-state index in [2.05, 4.69) is 25.2 Å². The Labute approximate surface area is 157 Å². The summed E-state index contributed by atoms with van der Waals surface area (Å²) in [5.41, 5.74) is 1.03. The van der Waals surface area contributed by atoms with Gasteiger partial charge in [0.05, 0.1) is 4.90 Å². The number of benzene rings is 1. The number of guanidine groups is 1. The highest BCUT2D eigenvalue weighted by Crippen LogP contribution is 2.09. The van der Waals surface area contributed by atoms with Crippen LogP contribution in [0.15, 0.2) is 34.2 Å². The molecule has 1 aromatic rings. The van der Waals surface area contributed by atoms with Crippen molar-refractivity contribution in [2.24, 2.45) is 4.99 Å². The smallest absolute Gasteiger partial charge is 0.240 e. The van der Waals surface area contributed by atoms with Crippen LogP contribution in [0.3, 0.4) is 0 Å². The average molecular weight is 382 g/mol. The topological polar surface area (TPSA) is 85.8 Å². The van der Waals surface area contributed by atoms with Crippen LogP contribution in [-0.2, 0) is 10.0 Å². The average Bonchev–Trinajstić information content (AvgIpc) is 2.65. The van der Waals surface area contributed by atoms with Crippen LogP contribution < -0.4 is 15.4 Å². The van der Waals surface area contributed by atoms with Gasteiger partial charge in [-0.25, -0.2) is 13.1 Å². The van der Waals surface area contributed by atoms with Gasteiger partial charge < -0.3 is 15.5 Å². The second-order valence-electron chi connectivity index (χ2n) is 6.54. The number of nitrogens with zero attached hydrogens (tertiary/aromatic N) is 2. The summed E-state index contributed by atoms with van der Waals surface area (Å²) in [5.74, 6) is 0.691. The van der Waals surface area contributed by atoms with Crippen molar-refractivity contribution in [3.63, 3.8) is 0 Å². The highest BCUT2D eigenvalue weighted by atomic mass is 32.2. The summed E-state index contributed by atoms with van der Waals surface area (Å²) >= 11 is 0. The zero-order valence-corrected chi connectivity index (χ0v) is 16.6. The van der Waals surface area contributed by atoms with Gasteiger partial charge in [0.15, 0.2) is 5.96 Å². The fraction of sp³-hybridized carbons (Fsp3) is 0.611. The second kappa shape index (κ2) is 10.5. The van der Waals surface area contributed by atoms with Crippen molar-refractivity contribution in [1.82, 2.24) is 20.3 Å².